The van der Waals surface area contributed by atoms with Crippen molar-refractivity contribution < 1.29 is 4.79 Å². The molecule has 0 spiro atoms. The average molecular weight is 157 g/mol. The van der Waals surface area contributed by atoms with E-state index in [0.29, 0.717) is 6.04 Å². The fraction of sp³-hybridized carbons (Fsp3) is 0.889. The summed E-state index contributed by atoms with van der Waals surface area (Å²) in [6.45, 7) is 7.29. The molecule has 0 bridgehead atoms. The van der Waals surface area contributed by atoms with Crippen molar-refractivity contribution in [3.8, 4) is 0 Å². The topological polar surface area (TPSA) is 20.3 Å². The Labute approximate surface area is 69.6 Å². The lowest BCUT2D eigenvalue weighted by atomic mass is 10.1. The van der Waals surface area contributed by atoms with Gasteiger partial charge in [0.1, 0.15) is 6.29 Å². The van der Waals surface area contributed by atoms with Gasteiger partial charge in [-0.25, -0.2) is 0 Å². The first kappa shape index (κ1) is 10.6. The summed E-state index contributed by atoms with van der Waals surface area (Å²) in [6.07, 6.45) is 1.99. The second-order valence-electron chi connectivity index (χ2n) is 3.48. The van der Waals surface area contributed by atoms with Crippen LogP contribution >= 0.6 is 0 Å². The third-order valence-corrected chi connectivity index (χ3v) is 2.05. The van der Waals surface area contributed by atoms with E-state index in [2.05, 4.69) is 25.8 Å². The summed E-state index contributed by atoms with van der Waals surface area (Å²) in [6, 6.07) is 0.578. The lowest BCUT2D eigenvalue weighted by molar-refractivity contribution is -0.110. The number of carbonyl (C=O) groups excluding carboxylic acids is 1. The SMILES string of the molecule is CC(C=O)CCN(C)C(C)C. The van der Waals surface area contributed by atoms with E-state index in [0.717, 1.165) is 19.3 Å². The van der Waals surface area contributed by atoms with E-state index in [1.807, 2.05) is 6.92 Å². The van der Waals surface area contributed by atoms with Gasteiger partial charge >= 0.3 is 0 Å². The Kier molecular flexibility index (Phi) is 5.12. The lowest BCUT2D eigenvalue weighted by Crippen LogP contribution is -2.28. The second-order valence-corrected chi connectivity index (χ2v) is 3.48. The highest BCUT2D eigenvalue weighted by atomic mass is 16.1. The van der Waals surface area contributed by atoms with Gasteiger partial charge in [0.05, 0.1) is 0 Å². The standard InChI is InChI=1S/C9H19NO/c1-8(2)10(4)6-5-9(3)7-11/h7-9H,5-6H2,1-4H3. The molecule has 0 aliphatic heterocycles. The third-order valence-electron chi connectivity index (χ3n) is 2.05. The second kappa shape index (κ2) is 5.30. The molecule has 0 aromatic carbocycles. The van der Waals surface area contributed by atoms with Crippen LogP contribution in [0.5, 0.6) is 0 Å². The maximum atomic E-state index is 10.3. The summed E-state index contributed by atoms with van der Waals surface area (Å²) in [5.41, 5.74) is 0. The molecule has 2 heteroatoms. The highest BCUT2D eigenvalue weighted by Gasteiger charge is 2.05. The molecule has 0 radical (unpaired) electrons. The van der Waals surface area contributed by atoms with Crippen molar-refractivity contribution in [2.24, 2.45) is 5.92 Å². The van der Waals surface area contributed by atoms with Crippen LogP contribution in [-0.2, 0) is 4.79 Å². The quantitative estimate of drug-likeness (QED) is 0.564. The molecule has 2 nitrogen and oxygen atoms in total. The number of hydrogen-bond acceptors (Lipinski definition) is 2. The van der Waals surface area contributed by atoms with E-state index in [9.17, 15) is 4.79 Å². The van der Waals surface area contributed by atoms with Crippen molar-refractivity contribution >= 4 is 6.29 Å². The van der Waals surface area contributed by atoms with Gasteiger partial charge in [0.25, 0.3) is 0 Å². The van der Waals surface area contributed by atoms with Crippen LogP contribution in [0.1, 0.15) is 27.2 Å². The van der Waals surface area contributed by atoms with Crippen molar-refractivity contribution in [3.63, 3.8) is 0 Å². The predicted octanol–water partition coefficient (Wildman–Crippen LogP) is 1.55. The Bertz CT molecular complexity index is 112. The number of hydrogen-bond donors (Lipinski definition) is 0. The van der Waals surface area contributed by atoms with E-state index < -0.39 is 0 Å². The maximum absolute atomic E-state index is 10.3. The van der Waals surface area contributed by atoms with Crippen molar-refractivity contribution in [2.75, 3.05) is 13.6 Å². The summed E-state index contributed by atoms with van der Waals surface area (Å²) in [7, 11) is 2.09. The summed E-state index contributed by atoms with van der Waals surface area (Å²) in [4.78, 5) is 12.5. The van der Waals surface area contributed by atoms with Crippen LogP contribution in [0.25, 0.3) is 0 Å². The Hall–Kier alpha value is -0.370. The predicted molar refractivity (Wildman–Crippen MR) is 47.6 cm³/mol. The zero-order valence-corrected chi connectivity index (χ0v) is 8.00. The Balaban J connectivity index is 3.45. The average Bonchev–Trinajstić information content (AvgIpc) is 1.99. The molecule has 0 N–H and O–H groups in total. The number of aldehydes is 1. The van der Waals surface area contributed by atoms with E-state index in [-0.39, 0.29) is 5.92 Å². The molecule has 0 aliphatic rings. The van der Waals surface area contributed by atoms with Crippen LogP contribution in [-0.4, -0.2) is 30.8 Å². The summed E-state index contributed by atoms with van der Waals surface area (Å²) in [5.74, 6) is 0.205. The first-order valence-electron chi connectivity index (χ1n) is 4.23. The maximum Gasteiger partial charge on any atom is 0.122 e. The molecule has 66 valence electrons. The Morgan fingerprint density at radius 2 is 1.91 bits per heavy atom. The van der Waals surface area contributed by atoms with Gasteiger partial charge in [-0.3, -0.25) is 0 Å². The Morgan fingerprint density at radius 1 is 1.36 bits per heavy atom. The molecular weight excluding hydrogens is 138 g/mol. The third kappa shape index (κ3) is 4.96. The van der Waals surface area contributed by atoms with Crippen LogP contribution < -0.4 is 0 Å². The molecule has 0 rings (SSSR count). The zero-order chi connectivity index (χ0) is 8.85. The molecule has 1 unspecified atom stereocenters. The van der Waals surface area contributed by atoms with E-state index in [1.54, 1.807) is 0 Å². The van der Waals surface area contributed by atoms with Crippen LogP contribution in [0.3, 0.4) is 0 Å². The summed E-state index contributed by atoms with van der Waals surface area (Å²) in [5, 5.41) is 0. The van der Waals surface area contributed by atoms with E-state index >= 15 is 0 Å². The minimum absolute atomic E-state index is 0.205. The minimum Gasteiger partial charge on any atom is -0.304 e. The van der Waals surface area contributed by atoms with E-state index in [4.69, 9.17) is 0 Å². The summed E-state index contributed by atoms with van der Waals surface area (Å²) >= 11 is 0. The van der Waals surface area contributed by atoms with Crippen LogP contribution in [0, 0.1) is 5.92 Å². The molecule has 0 aliphatic carbocycles. The van der Waals surface area contributed by atoms with Crippen molar-refractivity contribution in [2.45, 2.75) is 33.2 Å². The highest BCUT2D eigenvalue weighted by molar-refractivity contribution is 5.52. The van der Waals surface area contributed by atoms with Crippen LogP contribution in [0.4, 0.5) is 0 Å². The molecule has 0 saturated carbocycles. The smallest absolute Gasteiger partial charge is 0.122 e. The number of nitrogens with zero attached hydrogens (tertiary/aromatic N) is 1. The van der Waals surface area contributed by atoms with Gasteiger partial charge < -0.3 is 9.69 Å². The fourth-order valence-electron chi connectivity index (χ4n) is 0.734. The molecule has 0 saturated heterocycles. The Morgan fingerprint density at radius 3 is 2.27 bits per heavy atom. The van der Waals surface area contributed by atoms with Crippen molar-refractivity contribution in [1.29, 1.82) is 0 Å². The van der Waals surface area contributed by atoms with Gasteiger partial charge in [-0.05, 0) is 33.9 Å². The largest absolute Gasteiger partial charge is 0.304 e. The first-order chi connectivity index (χ1) is 5.07. The van der Waals surface area contributed by atoms with Gasteiger partial charge in [0.2, 0.25) is 0 Å². The number of rotatable bonds is 5. The molecule has 0 aromatic rings. The van der Waals surface area contributed by atoms with Crippen LogP contribution in [0.2, 0.25) is 0 Å². The summed E-state index contributed by atoms with van der Waals surface area (Å²) < 4.78 is 0. The van der Waals surface area contributed by atoms with Crippen molar-refractivity contribution in [1.82, 2.24) is 4.90 Å². The van der Waals surface area contributed by atoms with Gasteiger partial charge in [-0.2, -0.15) is 0 Å². The van der Waals surface area contributed by atoms with Gasteiger partial charge in [0, 0.05) is 12.0 Å². The van der Waals surface area contributed by atoms with E-state index in [1.165, 1.54) is 0 Å². The highest BCUT2D eigenvalue weighted by Crippen LogP contribution is 2.01. The van der Waals surface area contributed by atoms with Crippen LogP contribution in [0.15, 0.2) is 0 Å². The van der Waals surface area contributed by atoms with Gasteiger partial charge in [-0.1, -0.05) is 6.92 Å². The molecular formula is C9H19NO. The lowest BCUT2D eigenvalue weighted by Gasteiger charge is -2.21. The van der Waals surface area contributed by atoms with Gasteiger partial charge in [-0.15, -0.1) is 0 Å². The monoisotopic (exact) mass is 157 g/mol. The molecule has 11 heavy (non-hydrogen) atoms. The molecule has 0 heterocycles. The van der Waals surface area contributed by atoms with Crippen molar-refractivity contribution in [3.05, 3.63) is 0 Å². The molecule has 0 amide bonds. The molecule has 0 fully saturated rings. The molecule has 0 aromatic heterocycles. The first-order valence-corrected chi connectivity index (χ1v) is 4.23. The van der Waals surface area contributed by atoms with Gasteiger partial charge in [0.15, 0.2) is 0 Å². The number of carbonyl (C=O) groups is 1. The zero-order valence-electron chi connectivity index (χ0n) is 8.00. The minimum atomic E-state index is 0.205. The fourth-order valence-corrected chi connectivity index (χ4v) is 0.734. The molecule has 1 atom stereocenters. The normalized spacial score (nSPS) is 14.0.